The molecule has 0 radical (unpaired) electrons. The molecule has 0 bridgehead atoms. The highest BCUT2D eigenvalue weighted by Crippen LogP contribution is 2.36. The zero-order chi connectivity index (χ0) is 10.8. The molecule has 0 unspecified atom stereocenters. The first-order chi connectivity index (χ1) is 7.26. The van der Waals surface area contributed by atoms with Crippen LogP contribution in [0.4, 0.5) is 0 Å². The molecule has 1 nitrogen and oxygen atoms in total. The number of ether oxygens (including phenoxy) is 1. The summed E-state index contributed by atoms with van der Waals surface area (Å²) in [6, 6.07) is 4.30. The number of aryl methyl sites for hydroxylation is 2. The maximum Gasteiger partial charge on any atom is 0.119 e. The first kappa shape index (κ1) is 10.3. The van der Waals surface area contributed by atoms with Crippen LogP contribution in [0.25, 0.3) is 0 Å². The van der Waals surface area contributed by atoms with Crippen molar-refractivity contribution >= 4 is 0 Å². The molecule has 0 spiro atoms. The lowest BCUT2D eigenvalue weighted by Gasteiger charge is -2.25. The van der Waals surface area contributed by atoms with Crippen molar-refractivity contribution < 1.29 is 4.74 Å². The molecule has 1 aliphatic rings. The van der Waals surface area contributed by atoms with Gasteiger partial charge in [-0.25, -0.2) is 0 Å². The fourth-order valence-electron chi connectivity index (χ4n) is 2.58. The molecule has 0 saturated heterocycles. The van der Waals surface area contributed by atoms with E-state index in [1.54, 1.807) is 7.11 Å². The average molecular weight is 202 g/mol. The summed E-state index contributed by atoms with van der Waals surface area (Å²) in [5, 5.41) is 0. The van der Waals surface area contributed by atoms with Crippen molar-refractivity contribution in [1.82, 2.24) is 0 Å². The molecule has 0 fully saturated rings. The van der Waals surface area contributed by atoms with Gasteiger partial charge in [0.1, 0.15) is 5.75 Å². The van der Waals surface area contributed by atoms with Gasteiger partial charge in [-0.15, -0.1) is 6.58 Å². The number of hydrogen-bond acceptors (Lipinski definition) is 1. The Morgan fingerprint density at radius 1 is 1.47 bits per heavy atom. The molecule has 0 saturated carbocycles. The monoisotopic (exact) mass is 202 g/mol. The van der Waals surface area contributed by atoms with E-state index in [4.69, 9.17) is 4.74 Å². The lowest BCUT2D eigenvalue weighted by atomic mass is 9.80. The summed E-state index contributed by atoms with van der Waals surface area (Å²) in [4.78, 5) is 0. The van der Waals surface area contributed by atoms with Crippen molar-refractivity contribution in [3.05, 3.63) is 41.5 Å². The van der Waals surface area contributed by atoms with Crippen LogP contribution in [0.5, 0.6) is 5.75 Å². The van der Waals surface area contributed by atoms with Crippen molar-refractivity contribution in [2.45, 2.75) is 32.1 Å². The number of rotatable bonds is 2. The maximum absolute atomic E-state index is 5.30. The van der Waals surface area contributed by atoms with E-state index in [1.807, 2.05) is 0 Å². The third-order valence-corrected chi connectivity index (χ3v) is 3.30. The normalized spacial score (nSPS) is 19.5. The molecule has 0 amide bonds. The Morgan fingerprint density at radius 3 is 2.93 bits per heavy atom. The highest BCUT2D eigenvalue weighted by molar-refractivity contribution is 5.46. The Balaban J connectivity index is 2.52. The van der Waals surface area contributed by atoms with Gasteiger partial charge in [0.2, 0.25) is 0 Å². The van der Waals surface area contributed by atoms with E-state index < -0.39 is 0 Å². The molecule has 1 aromatic carbocycles. The SMILES string of the molecule is C=C[C@H]1CCCc2cc(OC)cc(C)c21. The maximum atomic E-state index is 5.30. The van der Waals surface area contributed by atoms with Gasteiger partial charge < -0.3 is 4.74 Å². The zero-order valence-electron chi connectivity index (χ0n) is 9.55. The summed E-state index contributed by atoms with van der Waals surface area (Å²) in [6.07, 6.45) is 5.76. The summed E-state index contributed by atoms with van der Waals surface area (Å²) >= 11 is 0. The molecule has 1 aliphatic carbocycles. The van der Waals surface area contributed by atoms with Gasteiger partial charge in [0.15, 0.2) is 0 Å². The summed E-state index contributed by atoms with van der Waals surface area (Å²) in [6.45, 7) is 6.11. The Hall–Kier alpha value is -1.24. The van der Waals surface area contributed by atoms with Gasteiger partial charge in [0, 0.05) is 5.92 Å². The van der Waals surface area contributed by atoms with Crippen LogP contribution in [-0.2, 0) is 6.42 Å². The summed E-state index contributed by atoms with van der Waals surface area (Å²) in [5.41, 5.74) is 4.27. The predicted molar refractivity (Wildman–Crippen MR) is 63.6 cm³/mol. The fraction of sp³-hybridized carbons (Fsp3) is 0.429. The Kier molecular flexibility index (Phi) is 2.81. The number of benzene rings is 1. The number of hydrogen-bond donors (Lipinski definition) is 0. The highest BCUT2D eigenvalue weighted by Gasteiger charge is 2.20. The van der Waals surface area contributed by atoms with Crippen molar-refractivity contribution in [2.75, 3.05) is 7.11 Å². The molecule has 0 N–H and O–H groups in total. The van der Waals surface area contributed by atoms with Crippen LogP contribution in [0.1, 0.15) is 35.4 Å². The molecule has 1 atom stereocenters. The second-order valence-electron chi connectivity index (χ2n) is 4.25. The van der Waals surface area contributed by atoms with Gasteiger partial charge >= 0.3 is 0 Å². The van der Waals surface area contributed by atoms with Crippen molar-refractivity contribution in [1.29, 1.82) is 0 Å². The molecule has 1 aromatic rings. The van der Waals surface area contributed by atoms with Gasteiger partial charge in [0.25, 0.3) is 0 Å². The standard InChI is InChI=1S/C14H18O/c1-4-11-6-5-7-12-9-13(15-3)8-10(2)14(11)12/h4,8-9,11H,1,5-7H2,2-3H3/t11-/m0/s1. The molecule has 0 aromatic heterocycles. The fourth-order valence-corrected chi connectivity index (χ4v) is 2.58. The Morgan fingerprint density at radius 2 is 2.27 bits per heavy atom. The summed E-state index contributed by atoms with van der Waals surface area (Å²) in [7, 11) is 1.73. The minimum absolute atomic E-state index is 0.541. The van der Waals surface area contributed by atoms with Crippen LogP contribution in [0.2, 0.25) is 0 Å². The van der Waals surface area contributed by atoms with E-state index in [0.717, 1.165) is 5.75 Å². The van der Waals surface area contributed by atoms with Crippen molar-refractivity contribution in [2.24, 2.45) is 0 Å². The van der Waals surface area contributed by atoms with Gasteiger partial charge in [-0.2, -0.15) is 0 Å². The molecule has 0 aliphatic heterocycles. The molecule has 2 rings (SSSR count). The van der Waals surface area contributed by atoms with Crippen molar-refractivity contribution in [3.63, 3.8) is 0 Å². The molecule has 0 heterocycles. The minimum Gasteiger partial charge on any atom is -0.497 e. The second-order valence-corrected chi connectivity index (χ2v) is 4.25. The topological polar surface area (TPSA) is 9.23 Å². The van der Waals surface area contributed by atoms with Gasteiger partial charge in [-0.05, 0) is 55.0 Å². The smallest absolute Gasteiger partial charge is 0.119 e. The molecule has 15 heavy (non-hydrogen) atoms. The van der Waals surface area contributed by atoms with Crippen molar-refractivity contribution in [3.8, 4) is 5.75 Å². The molecule has 80 valence electrons. The summed E-state index contributed by atoms with van der Waals surface area (Å²) < 4.78 is 5.30. The first-order valence-corrected chi connectivity index (χ1v) is 5.56. The molecular formula is C14H18O. The third-order valence-electron chi connectivity index (χ3n) is 3.30. The number of allylic oxidation sites excluding steroid dienone is 1. The van der Waals surface area contributed by atoms with E-state index in [-0.39, 0.29) is 0 Å². The third kappa shape index (κ3) is 1.79. The summed E-state index contributed by atoms with van der Waals surface area (Å²) in [5.74, 6) is 1.52. The van der Waals surface area contributed by atoms with E-state index in [1.165, 1.54) is 36.0 Å². The van der Waals surface area contributed by atoms with Crippen LogP contribution >= 0.6 is 0 Å². The zero-order valence-corrected chi connectivity index (χ0v) is 9.55. The molecule has 1 heteroatoms. The quantitative estimate of drug-likeness (QED) is 0.666. The Labute approximate surface area is 91.8 Å². The largest absolute Gasteiger partial charge is 0.497 e. The van der Waals surface area contributed by atoms with E-state index in [0.29, 0.717) is 5.92 Å². The van der Waals surface area contributed by atoms with Crippen LogP contribution in [0.3, 0.4) is 0 Å². The Bertz CT molecular complexity index is 379. The lowest BCUT2D eigenvalue weighted by molar-refractivity contribution is 0.413. The van der Waals surface area contributed by atoms with Gasteiger partial charge in [0.05, 0.1) is 7.11 Å². The highest BCUT2D eigenvalue weighted by atomic mass is 16.5. The van der Waals surface area contributed by atoms with E-state index >= 15 is 0 Å². The average Bonchev–Trinajstić information content (AvgIpc) is 2.27. The van der Waals surface area contributed by atoms with E-state index in [9.17, 15) is 0 Å². The minimum atomic E-state index is 0.541. The number of fused-ring (bicyclic) bond motifs is 1. The predicted octanol–water partition coefficient (Wildman–Crippen LogP) is 3.61. The first-order valence-electron chi connectivity index (χ1n) is 5.56. The van der Waals surface area contributed by atoms with Crippen LogP contribution in [-0.4, -0.2) is 7.11 Å². The van der Waals surface area contributed by atoms with Crippen LogP contribution in [0.15, 0.2) is 24.8 Å². The second kappa shape index (κ2) is 4.09. The van der Waals surface area contributed by atoms with Gasteiger partial charge in [-0.1, -0.05) is 6.08 Å². The van der Waals surface area contributed by atoms with Crippen LogP contribution < -0.4 is 4.74 Å². The van der Waals surface area contributed by atoms with Crippen LogP contribution in [0, 0.1) is 6.92 Å². The number of methoxy groups -OCH3 is 1. The van der Waals surface area contributed by atoms with E-state index in [2.05, 4.69) is 31.7 Å². The lowest BCUT2D eigenvalue weighted by Crippen LogP contribution is -2.10. The van der Waals surface area contributed by atoms with Gasteiger partial charge in [-0.3, -0.25) is 0 Å². The molecular weight excluding hydrogens is 184 g/mol.